The highest BCUT2D eigenvalue weighted by Gasteiger charge is 2.40. The Morgan fingerprint density at radius 2 is 2.04 bits per heavy atom. The number of piperidine rings is 1. The molecule has 1 spiro atoms. The molecule has 120 valence electrons. The predicted octanol–water partition coefficient (Wildman–Crippen LogP) is 3.66. The summed E-state index contributed by atoms with van der Waals surface area (Å²) >= 11 is 5.17. The molecule has 2 aromatic rings. The third kappa shape index (κ3) is 3.03. The van der Waals surface area contributed by atoms with Gasteiger partial charge in [-0.3, -0.25) is 9.69 Å². The Morgan fingerprint density at radius 3 is 2.78 bits per heavy atom. The van der Waals surface area contributed by atoms with E-state index < -0.39 is 0 Å². The third-order valence-corrected chi connectivity index (χ3v) is 5.87. The van der Waals surface area contributed by atoms with E-state index in [-0.39, 0.29) is 11.6 Å². The van der Waals surface area contributed by atoms with Crippen LogP contribution in [0, 0.1) is 0 Å². The number of benzene rings is 1. The van der Waals surface area contributed by atoms with E-state index in [2.05, 4.69) is 48.3 Å². The summed E-state index contributed by atoms with van der Waals surface area (Å²) < 4.78 is 0.926. The molecule has 1 aromatic carbocycles. The molecule has 0 bridgehead atoms. The first kappa shape index (κ1) is 15.2. The van der Waals surface area contributed by atoms with Gasteiger partial charge in [-0.05, 0) is 40.6 Å². The molecule has 0 radical (unpaired) electrons. The number of carbonyl (C=O) groups excluding carboxylic acids is 1. The van der Waals surface area contributed by atoms with E-state index in [1.807, 2.05) is 18.2 Å². The highest BCUT2D eigenvalue weighted by atomic mass is 79.9. The zero-order chi connectivity index (χ0) is 15.9. The van der Waals surface area contributed by atoms with Crippen molar-refractivity contribution in [3.63, 3.8) is 0 Å². The number of rotatable bonds is 2. The summed E-state index contributed by atoms with van der Waals surface area (Å²) in [6, 6.07) is 8.02. The van der Waals surface area contributed by atoms with Crippen LogP contribution in [0.3, 0.4) is 0 Å². The SMILES string of the molecule is O=C1NC2(CCN(Cc3ccsc3)CC2)Nc2ccc(Br)cc21. The maximum Gasteiger partial charge on any atom is 0.255 e. The van der Waals surface area contributed by atoms with Gasteiger partial charge in [0.05, 0.1) is 5.56 Å². The fourth-order valence-corrected chi connectivity index (χ4v) is 4.39. The van der Waals surface area contributed by atoms with Crippen LogP contribution >= 0.6 is 27.3 Å². The van der Waals surface area contributed by atoms with Gasteiger partial charge in [-0.25, -0.2) is 0 Å². The van der Waals surface area contributed by atoms with Crippen molar-refractivity contribution >= 4 is 38.9 Å². The van der Waals surface area contributed by atoms with Crippen LogP contribution in [0.1, 0.15) is 28.8 Å². The molecular formula is C17H18BrN3OS. The zero-order valence-corrected chi connectivity index (χ0v) is 15.0. The molecule has 3 heterocycles. The molecule has 2 N–H and O–H groups in total. The first-order valence-electron chi connectivity index (χ1n) is 7.77. The Labute approximate surface area is 148 Å². The van der Waals surface area contributed by atoms with Crippen molar-refractivity contribution in [3.8, 4) is 0 Å². The van der Waals surface area contributed by atoms with E-state index in [4.69, 9.17) is 0 Å². The van der Waals surface area contributed by atoms with Crippen molar-refractivity contribution < 1.29 is 4.79 Å². The molecule has 2 aliphatic rings. The second-order valence-corrected chi connectivity index (χ2v) is 7.95. The third-order valence-electron chi connectivity index (χ3n) is 4.65. The van der Waals surface area contributed by atoms with Gasteiger partial charge in [-0.1, -0.05) is 15.9 Å². The van der Waals surface area contributed by atoms with E-state index in [1.54, 1.807) is 11.3 Å². The molecule has 4 rings (SSSR count). The van der Waals surface area contributed by atoms with Crippen molar-refractivity contribution in [2.45, 2.75) is 25.0 Å². The number of anilines is 1. The van der Waals surface area contributed by atoms with Gasteiger partial charge in [0.2, 0.25) is 0 Å². The Kier molecular flexibility index (Phi) is 3.91. The maximum atomic E-state index is 12.5. The molecule has 1 aromatic heterocycles. The molecule has 0 aliphatic carbocycles. The number of thiophene rings is 1. The van der Waals surface area contributed by atoms with Gasteiger partial charge in [0.1, 0.15) is 5.66 Å². The molecule has 1 amide bonds. The highest BCUT2D eigenvalue weighted by Crippen LogP contribution is 2.33. The standard InChI is InChI=1S/C17H18BrN3OS/c18-13-1-2-15-14(9-13)16(22)20-17(19-15)4-6-21(7-5-17)10-12-3-8-23-11-12/h1-3,8-9,11,19H,4-7,10H2,(H,20,22). The Morgan fingerprint density at radius 1 is 1.22 bits per heavy atom. The van der Waals surface area contributed by atoms with Gasteiger partial charge in [0, 0.05) is 42.6 Å². The number of halogens is 1. The van der Waals surface area contributed by atoms with Gasteiger partial charge in [0.25, 0.3) is 5.91 Å². The van der Waals surface area contributed by atoms with E-state index in [9.17, 15) is 4.79 Å². The zero-order valence-electron chi connectivity index (χ0n) is 12.6. The first-order valence-corrected chi connectivity index (χ1v) is 9.51. The smallest absolute Gasteiger partial charge is 0.255 e. The molecule has 0 saturated carbocycles. The Hall–Kier alpha value is -1.37. The number of nitrogens with zero attached hydrogens (tertiary/aromatic N) is 1. The van der Waals surface area contributed by atoms with Crippen molar-refractivity contribution in [1.82, 2.24) is 10.2 Å². The summed E-state index contributed by atoms with van der Waals surface area (Å²) in [6.07, 6.45) is 1.83. The average molecular weight is 392 g/mol. The number of fused-ring (bicyclic) bond motifs is 1. The number of likely N-dealkylation sites (tertiary alicyclic amines) is 1. The lowest BCUT2D eigenvalue weighted by molar-refractivity contribution is 0.0822. The summed E-state index contributed by atoms with van der Waals surface area (Å²) in [7, 11) is 0. The molecule has 23 heavy (non-hydrogen) atoms. The van der Waals surface area contributed by atoms with Crippen LogP contribution < -0.4 is 10.6 Å². The van der Waals surface area contributed by atoms with Crippen LogP contribution in [-0.2, 0) is 6.54 Å². The number of carbonyl (C=O) groups is 1. The number of amides is 1. The van der Waals surface area contributed by atoms with Gasteiger partial charge < -0.3 is 10.6 Å². The molecule has 1 fully saturated rings. The average Bonchev–Trinajstić information content (AvgIpc) is 3.04. The van der Waals surface area contributed by atoms with Crippen LogP contribution in [0.5, 0.6) is 0 Å². The minimum atomic E-state index is -0.303. The number of nitrogens with one attached hydrogen (secondary N) is 2. The van der Waals surface area contributed by atoms with E-state index in [0.717, 1.165) is 42.6 Å². The van der Waals surface area contributed by atoms with Crippen LogP contribution in [-0.4, -0.2) is 29.6 Å². The first-order chi connectivity index (χ1) is 11.1. The summed E-state index contributed by atoms with van der Waals surface area (Å²) in [6.45, 7) is 2.96. The van der Waals surface area contributed by atoms with Crippen LogP contribution in [0.25, 0.3) is 0 Å². The second kappa shape index (κ2) is 5.92. The van der Waals surface area contributed by atoms with Gasteiger partial charge in [-0.2, -0.15) is 11.3 Å². The summed E-state index contributed by atoms with van der Waals surface area (Å²) in [5.41, 5.74) is 2.72. The van der Waals surface area contributed by atoms with Gasteiger partial charge in [-0.15, -0.1) is 0 Å². The predicted molar refractivity (Wildman–Crippen MR) is 96.8 cm³/mol. The van der Waals surface area contributed by atoms with Crippen molar-refractivity contribution in [2.75, 3.05) is 18.4 Å². The quantitative estimate of drug-likeness (QED) is 0.820. The Balaban J connectivity index is 1.47. The van der Waals surface area contributed by atoms with Crippen LogP contribution in [0.4, 0.5) is 5.69 Å². The molecular weight excluding hydrogens is 374 g/mol. The summed E-state index contributed by atoms with van der Waals surface area (Å²) in [5.74, 6) is 0.0198. The molecule has 0 unspecified atom stereocenters. The second-order valence-electron chi connectivity index (χ2n) is 6.26. The summed E-state index contributed by atoms with van der Waals surface area (Å²) in [5, 5.41) is 11.1. The van der Waals surface area contributed by atoms with Crippen molar-refractivity contribution in [3.05, 3.63) is 50.6 Å². The number of hydrogen-bond donors (Lipinski definition) is 2. The number of hydrogen-bond acceptors (Lipinski definition) is 4. The van der Waals surface area contributed by atoms with E-state index in [0.29, 0.717) is 5.56 Å². The monoisotopic (exact) mass is 391 g/mol. The van der Waals surface area contributed by atoms with Crippen LogP contribution in [0.2, 0.25) is 0 Å². The maximum absolute atomic E-state index is 12.5. The van der Waals surface area contributed by atoms with Gasteiger partial charge >= 0.3 is 0 Å². The van der Waals surface area contributed by atoms with Crippen molar-refractivity contribution in [1.29, 1.82) is 0 Å². The van der Waals surface area contributed by atoms with E-state index in [1.165, 1.54) is 5.56 Å². The van der Waals surface area contributed by atoms with E-state index >= 15 is 0 Å². The van der Waals surface area contributed by atoms with Crippen LogP contribution in [0.15, 0.2) is 39.5 Å². The molecule has 6 heteroatoms. The lowest BCUT2D eigenvalue weighted by atomic mass is 9.92. The molecule has 0 atom stereocenters. The lowest BCUT2D eigenvalue weighted by Crippen LogP contribution is -2.62. The normalized spacial score (nSPS) is 20.0. The van der Waals surface area contributed by atoms with Crippen molar-refractivity contribution in [2.24, 2.45) is 0 Å². The fraction of sp³-hybridized carbons (Fsp3) is 0.353. The minimum absolute atomic E-state index is 0.0198. The topological polar surface area (TPSA) is 44.4 Å². The minimum Gasteiger partial charge on any atom is -0.362 e. The molecule has 1 saturated heterocycles. The fourth-order valence-electron chi connectivity index (χ4n) is 3.37. The lowest BCUT2D eigenvalue weighted by Gasteiger charge is -2.46. The molecule has 2 aliphatic heterocycles. The van der Waals surface area contributed by atoms with Gasteiger partial charge in [0.15, 0.2) is 0 Å². The Bertz CT molecular complexity index is 723. The molecule has 4 nitrogen and oxygen atoms in total. The highest BCUT2D eigenvalue weighted by molar-refractivity contribution is 9.10. The summed E-state index contributed by atoms with van der Waals surface area (Å²) in [4.78, 5) is 14.9. The largest absolute Gasteiger partial charge is 0.362 e.